The first kappa shape index (κ1) is 71.5. The Labute approximate surface area is 523 Å². The van der Waals surface area contributed by atoms with Crippen LogP contribution < -0.4 is 65.5 Å². The number of amides is 9. The molecule has 1 fully saturated rings. The van der Waals surface area contributed by atoms with Gasteiger partial charge in [-0.1, -0.05) is 70.5 Å². The lowest BCUT2D eigenvalue weighted by Crippen LogP contribution is -2.61. The number of carboxylic acids is 1. The lowest BCUT2D eigenvalue weighted by molar-refractivity contribution is -0.142. The molecule has 4 aromatic rings. The number of nitrogens with two attached hydrogens (primary N) is 4. The third-order valence-electron chi connectivity index (χ3n) is 15.8. The number of H-pyrrole nitrogens is 2. The summed E-state index contributed by atoms with van der Waals surface area (Å²) in [5.41, 5.74) is 25.1. The number of fused-ring (bicyclic) bond motifs is 2. The van der Waals surface area contributed by atoms with Gasteiger partial charge in [0.2, 0.25) is 53.2 Å². The van der Waals surface area contributed by atoms with E-state index >= 15 is 0 Å². The average molecular weight is 1260 g/mol. The van der Waals surface area contributed by atoms with Crippen molar-refractivity contribution >= 4 is 98.7 Å². The van der Waals surface area contributed by atoms with Crippen LogP contribution in [-0.2, 0) is 60.8 Å². The number of thioether (sulfide) groups is 1. The highest BCUT2D eigenvalue weighted by Crippen LogP contribution is 2.24. The number of aromatic nitrogens is 2. The average Bonchev–Trinajstić information content (AvgIpc) is 4.04. The molecule has 1 saturated heterocycles. The Morgan fingerprint density at radius 1 is 0.652 bits per heavy atom. The maximum absolute atomic E-state index is 15.0. The Hall–Kier alpha value is -8.24. The monoisotopic (exact) mass is 1260 g/mol. The van der Waals surface area contributed by atoms with E-state index in [-0.39, 0.29) is 89.4 Å². The minimum Gasteiger partial charge on any atom is -0.480 e. The van der Waals surface area contributed by atoms with Crippen LogP contribution in [0.3, 0.4) is 0 Å². The number of nitrogens with one attached hydrogen (secondary N) is 10. The fourth-order valence-corrected chi connectivity index (χ4v) is 11.1. The lowest BCUT2D eigenvalue weighted by Gasteiger charge is -2.30. The van der Waals surface area contributed by atoms with Crippen LogP contribution in [-0.4, -0.2) is 178 Å². The van der Waals surface area contributed by atoms with Crippen LogP contribution >= 0.6 is 11.8 Å². The summed E-state index contributed by atoms with van der Waals surface area (Å²) < 4.78 is 0. The smallest absolute Gasteiger partial charge is 0.326 e. The van der Waals surface area contributed by atoms with Gasteiger partial charge in [-0.15, -0.1) is 0 Å². The predicted molar refractivity (Wildman–Crippen MR) is 341 cm³/mol. The first-order valence-electron chi connectivity index (χ1n) is 30.5. The van der Waals surface area contributed by atoms with Gasteiger partial charge in [0.25, 0.3) is 0 Å². The Bertz CT molecular complexity index is 3090. The van der Waals surface area contributed by atoms with Gasteiger partial charge in [0.05, 0.1) is 6.54 Å². The molecular formula is C61H92N16O11S. The summed E-state index contributed by atoms with van der Waals surface area (Å²) in [7, 11) is 0. The number of nitrogens with zero attached hydrogens (tertiary/aromatic N) is 2. The van der Waals surface area contributed by atoms with E-state index in [1.54, 1.807) is 19.3 Å². The van der Waals surface area contributed by atoms with Crippen LogP contribution in [0.4, 0.5) is 0 Å². The molecule has 1 aliphatic rings. The van der Waals surface area contributed by atoms with Gasteiger partial charge < -0.3 is 85.4 Å². The normalized spacial score (nSPS) is 16.1. The minimum absolute atomic E-state index is 0.00833. The number of aliphatic carboxylic acids is 1. The molecule has 89 heavy (non-hydrogen) atoms. The number of hydrogen-bond donors (Lipinski definition) is 15. The number of carbonyl (C=O) groups is 10. The molecule has 27 nitrogen and oxygen atoms in total. The van der Waals surface area contributed by atoms with E-state index in [4.69, 9.17) is 22.9 Å². The third-order valence-corrected chi connectivity index (χ3v) is 16.4. The van der Waals surface area contributed by atoms with Gasteiger partial charge in [-0.25, -0.2) is 4.79 Å². The number of carboxylic acid groups (broad SMARTS) is 1. The lowest BCUT2D eigenvalue weighted by atomic mass is 9.96. The number of carbonyl (C=O) groups excluding carboxylic acids is 9. The highest BCUT2D eigenvalue weighted by Gasteiger charge is 2.40. The standard InChI is InChI=1S/C61H92N16O11S/c1-7-35(4)51(76-53(80)43(20-12-13-24-62)70-55(82)47(29-37-32-67-41-18-10-8-16-39(37)41)74-57(84)49-22-15-26-77(49)59(86)36(5)69-50(78)31-63)58(85)75-48(30-38-33-68-42-19-11-9-17-40(38)42)56(83)71-44(23-27-89-6)52(79)73-46(28-34(2)3)54(81)72-45(60(87)88)21-14-25-66-61(64)65/h8-11,16-19,32-36,43-49,51,67-68H,7,12-15,20-31,62-63H2,1-6H3,(H,69,78)(H,70,82)(H,71,83)(H,72,81)(H,73,79)(H,74,84)(H,75,85)(H,76,80)(H,87,88)(H4,64,65,66)/t35-,36-,43-,44-,45-,46-,47-,48-,49-,51-/m0/s1. The van der Waals surface area contributed by atoms with Crippen LogP contribution in [0, 0.1) is 11.8 Å². The highest BCUT2D eigenvalue weighted by atomic mass is 32.2. The summed E-state index contributed by atoms with van der Waals surface area (Å²) in [6.45, 7) is 9.01. The molecule has 2 aromatic carbocycles. The van der Waals surface area contributed by atoms with Crippen LogP contribution in [0.25, 0.3) is 21.8 Å². The molecule has 0 saturated carbocycles. The quantitative estimate of drug-likeness (QED) is 0.0165. The molecule has 5 rings (SSSR count). The van der Waals surface area contributed by atoms with Gasteiger partial charge in [-0.05, 0) is 118 Å². The summed E-state index contributed by atoms with van der Waals surface area (Å²) in [5.74, 6) is -7.90. The molecule has 2 aromatic heterocycles. The van der Waals surface area contributed by atoms with Gasteiger partial charge in [0.15, 0.2) is 5.96 Å². The molecule has 28 heteroatoms. The second kappa shape index (κ2) is 35.7. The maximum atomic E-state index is 15.0. The van der Waals surface area contributed by atoms with E-state index in [1.807, 2.05) is 75.6 Å². The van der Waals surface area contributed by atoms with Crippen molar-refractivity contribution < 1.29 is 53.1 Å². The molecule has 9 amide bonds. The van der Waals surface area contributed by atoms with E-state index in [2.05, 4.69) is 57.5 Å². The number of rotatable bonds is 37. The summed E-state index contributed by atoms with van der Waals surface area (Å²) in [6, 6.07) is 3.77. The molecule has 10 atom stereocenters. The molecule has 1 aliphatic heterocycles. The highest BCUT2D eigenvalue weighted by molar-refractivity contribution is 7.98. The third kappa shape index (κ3) is 21.5. The van der Waals surface area contributed by atoms with Crippen molar-refractivity contribution in [2.24, 2.45) is 39.8 Å². The number of aliphatic imine (C=N–C) groups is 1. The fourth-order valence-electron chi connectivity index (χ4n) is 10.7. The molecule has 0 spiro atoms. The summed E-state index contributed by atoms with van der Waals surface area (Å²) in [5, 5.41) is 33.7. The van der Waals surface area contributed by atoms with Crippen molar-refractivity contribution in [3.8, 4) is 0 Å². The minimum atomic E-state index is -1.37. The first-order valence-corrected chi connectivity index (χ1v) is 31.9. The zero-order chi connectivity index (χ0) is 65.3. The molecule has 0 aliphatic carbocycles. The predicted octanol–water partition coefficient (Wildman–Crippen LogP) is 0.395. The second-order valence-electron chi connectivity index (χ2n) is 23.0. The van der Waals surface area contributed by atoms with Gasteiger partial charge in [0, 0.05) is 60.1 Å². The fraction of sp³-hybridized carbons (Fsp3) is 0.557. The van der Waals surface area contributed by atoms with Gasteiger partial charge in [0.1, 0.15) is 54.4 Å². The number of guanidine groups is 1. The molecule has 19 N–H and O–H groups in total. The van der Waals surface area contributed by atoms with E-state index < -0.39 is 119 Å². The Kier molecular flexibility index (Phi) is 28.7. The number of aromatic amines is 2. The number of benzene rings is 2. The number of likely N-dealkylation sites (tertiary alicyclic amines) is 1. The molecule has 0 unspecified atom stereocenters. The van der Waals surface area contributed by atoms with Crippen molar-refractivity contribution in [2.45, 2.75) is 166 Å². The van der Waals surface area contributed by atoms with Crippen LogP contribution in [0.5, 0.6) is 0 Å². The number of unbranched alkanes of at least 4 members (excludes halogenated alkanes) is 1. The van der Waals surface area contributed by atoms with E-state index in [0.717, 1.165) is 21.8 Å². The van der Waals surface area contributed by atoms with Gasteiger partial charge in [-0.2, -0.15) is 11.8 Å². The zero-order valence-electron chi connectivity index (χ0n) is 51.8. The van der Waals surface area contributed by atoms with Crippen molar-refractivity contribution in [1.82, 2.24) is 57.4 Å². The zero-order valence-corrected chi connectivity index (χ0v) is 52.6. The molecular weight excluding hydrogens is 1160 g/mol. The van der Waals surface area contributed by atoms with Gasteiger partial charge >= 0.3 is 5.97 Å². The first-order chi connectivity index (χ1) is 42.5. The Morgan fingerprint density at radius 2 is 1.17 bits per heavy atom. The summed E-state index contributed by atoms with van der Waals surface area (Å²) in [6.07, 6.45) is 7.60. The number of para-hydroxylation sites is 2. The largest absolute Gasteiger partial charge is 0.480 e. The van der Waals surface area contributed by atoms with E-state index in [9.17, 15) is 53.1 Å². The van der Waals surface area contributed by atoms with Crippen LogP contribution in [0.2, 0.25) is 0 Å². The van der Waals surface area contributed by atoms with E-state index in [1.165, 1.54) is 23.6 Å². The topological polar surface area (TPSA) is 438 Å². The Morgan fingerprint density at radius 3 is 1.72 bits per heavy atom. The Balaban J connectivity index is 1.42. The molecule has 3 heterocycles. The van der Waals surface area contributed by atoms with Crippen molar-refractivity contribution in [2.75, 3.05) is 38.2 Å². The second-order valence-corrected chi connectivity index (χ2v) is 24.0. The SMILES string of the molecule is CC[C@H](C)[C@H](NC(=O)[C@H](CCCCN)NC(=O)[C@H](Cc1c[nH]c2ccccc12)NC(=O)[C@@H]1CCCN1C(=O)[C@H](C)NC(=O)CN)C(=O)N[C@@H](Cc1c[nH]c2ccccc12)C(=O)N[C@@H](CCSC)C(=O)N[C@@H](CC(C)C)C(=O)N[C@@H](CCCN=C(N)N)C(=O)O. The molecule has 0 radical (unpaired) electrons. The van der Waals surface area contributed by atoms with Crippen molar-refractivity contribution in [1.29, 1.82) is 0 Å². The van der Waals surface area contributed by atoms with Gasteiger partial charge in [-0.3, -0.25) is 48.1 Å². The van der Waals surface area contributed by atoms with Crippen molar-refractivity contribution in [3.63, 3.8) is 0 Å². The van der Waals surface area contributed by atoms with Crippen LogP contribution in [0.1, 0.15) is 110 Å². The maximum Gasteiger partial charge on any atom is 0.326 e. The van der Waals surface area contributed by atoms with Crippen molar-refractivity contribution in [3.05, 3.63) is 72.1 Å². The summed E-state index contributed by atoms with van der Waals surface area (Å²) >= 11 is 1.40. The molecule has 0 bridgehead atoms. The number of hydrogen-bond acceptors (Lipinski definition) is 14. The van der Waals surface area contributed by atoms with Crippen LogP contribution in [0.15, 0.2) is 65.9 Å². The molecule has 488 valence electrons. The van der Waals surface area contributed by atoms with E-state index in [0.29, 0.717) is 42.6 Å². The summed E-state index contributed by atoms with van der Waals surface area (Å²) in [4.78, 5) is 152.